The van der Waals surface area contributed by atoms with Crippen molar-refractivity contribution in [3.8, 4) is 11.5 Å². The molecule has 2 aliphatic rings. The molecule has 2 atom stereocenters. The maximum absolute atomic E-state index is 14.1. The van der Waals surface area contributed by atoms with Crippen molar-refractivity contribution in [2.45, 2.75) is 31.1 Å². The first-order valence-corrected chi connectivity index (χ1v) is 9.55. The maximum atomic E-state index is 14.1. The van der Waals surface area contributed by atoms with E-state index in [4.69, 9.17) is 4.74 Å². The van der Waals surface area contributed by atoms with Crippen molar-refractivity contribution < 1.29 is 31.5 Å². The average molecular weight is 477 g/mol. The molecule has 4 rings (SSSR count). The third kappa shape index (κ3) is 3.65. The molecule has 0 radical (unpaired) electrons. The third-order valence-corrected chi connectivity index (χ3v) is 5.64. The number of ether oxygens (including phenoxy) is 1. The van der Waals surface area contributed by atoms with Crippen LogP contribution in [0.2, 0.25) is 0 Å². The number of halogens is 6. The molecule has 154 valence electrons. The van der Waals surface area contributed by atoms with Crippen LogP contribution in [-0.4, -0.2) is 24.7 Å². The minimum absolute atomic E-state index is 0.0635. The van der Waals surface area contributed by atoms with Gasteiger partial charge in [0.25, 0.3) is 0 Å². The standard InChI is InChI=1S/C19H14BrF5N2O2/c20-11-7-14-16(8-12(11)22)29-15-6-9(21)3-4-10(15)17-13(2-1-5-27(14)17)26-18(28)19(23,24)25/h3-4,6-8,13,17H,1-2,5H2,(H,26,28)/t13-,17-/m1/s1. The topological polar surface area (TPSA) is 41.6 Å². The van der Waals surface area contributed by atoms with Crippen LogP contribution in [0.4, 0.5) is 27.6 Å². The molecule has 4 nitrogen and oxygen atoms in total. The molecule has 1 amide bonds. The van der Waals surface area contributed by atoms with Crippen molar-refractivity contribution in [2.24, 2.45) is 0 Å². The van der Waals surface area contributed by atoms with Gasteiger partial charge in [0.2, 0.25) is 0 Å². The number of anilines is 1. The summed E-state index contributed by atoms with van der Waals surface area (Å²) in [7, 11) is 0. The highest BCUT2D eigenvalue weighted by Gasteiger charge is 2.44. The van der Waals surface area contributed by atoms with Crippen LogP contribution >= 0.6 is 15.9 Å². The molecule has 0 aliphatic carbocycles. The summed E-state index contributed by atoms with van der Waals surface area (Å²) in [6, 6.07) is 4.63. The van der Waals surface area contributed by atoms with E-state index in [1.54, 1.807) is 4.90 Å². The van der Waals surface area contributed by atoms with E-state index in [2.05, 4.69) is 21.2 Å². The van der Waals surface area contributed by atoms with E-state index < -0.39 is 35.8 Å². The zero-order chi connectivity index (χ0) is 20.9. The Morgan fingerprint density at radius 3 is 2.66 bits per heavy atom. The number of nitrogens with one attached hydrogen (secondary N) is 1. The van der Waals surface area contributed by atoms with Crippen molar-refractivity contribution in [1.29, 1.82) is 0 Å². The lowest BCUT2D eigenvalue weighted by molar-refractivity contribution is -0.174. The largest absolute Gasteiger partial charge is 0.471 e. The zero-order valence-corrected chi connectivity index (χ0v) is 16.3. The second-order valence-corrected chi connectivity index (χ2v) is 7.73. The fraction of sp³-hybridized carbons (Fsp3) is 0.316. The van der Waals surface area contributed by atoms with Gasteiger partial charge in [-0.05, 0) is 40.9 Å². The Kier molecular flexibility index (Phi) is 4.92. The molecule has 2 heterocycles. The molecule has 2 aliphatic heterocycles. The van der Waals surface area contributed by atoms with Crippen molar-refractivity contribution >= 4 is 27.5 Å². The second kappa shape index (κ2) is 7.16. The van der Waals surface area contributed by atoms with Gasteiger partial charge < -0.3 is 15.0 Å². The summed E-state index contributed by atoms with van der Waals surface area (Å²) in [5.41, 5.74) is 0.845. The summed E-state index contributed by atoms with van der Waals surface area (Å²) in [5.74, 6) is -3.07. The number of alkyl halides is 3. The summed E-state index contributed by atoms with van der Waals surface area (Å²) in [5, 5.41) is 2.06. The van der Waals surface area contributed by atoms with Crippen molar-refractivity contribution in [1.82, 2.24) is 5.32 Å². The molecule has 29 heavy (non-hydrogen) atoms. The number of hydrogen-bond donors (Lipinski definition) is 1. The van der Waals surface area contributed by atoms with Crippen molar-refractivity contribution in [3.05, 3.63) is 52.0 Å². The predicted molar refractivity (Wildman–Crippen MR) is 97.9 cm³/mol. The smallest absolute Gasteiger partial charge is 0.455 e. The number of benzene rings is 2. The number of nitrogens with zero attached hydrogens (tertiary/aromatic N) is 1. The summed E-state index contributed by atoms with van der Waals surface area (Å²) < 4.78 is 72.4. The predicted octanol–water partition coefficient (Wildman–Crippen LogP) is 5.22. The normalized spacial score (nSPS) is 20.7. The molecular weight excluding hydrogens is 463 g/mol. The van der Waals surface area contributed by atoms with Gasteiger partial charge in [0.15, 0.2) is 5.75 Å². The van der Waals surface area contributed by atoms with E-state index in [1.807, 2.05) is 0 Å². The Balaban J connectivity index is 1.85. The SMILES string of the molecule is O=C(N[C@@H]1CCCN2c3cc(Br)c(F)cc3Oc3cc(F)ccc3[C@H]12)C(F)(F)F. The van der Waals surface area contributed by atoms with Crippen molar-refractivity contribution in [2.75, 3.05) is 11.4 Å². The Labute approximate surface area is 170 Å². The van der Waals surface area contributed by atoms with Crippen LogP contribution in [0.15, 0.2) is 34.8 Å². The first-order valence-electron chi connectivity index (χ1n) is 8.76. The molecule has 0 spiro atoms. The van der Waals surface area contributed by atoms with Gasteiger partial charge in [-0.2, -0.15) is 13.2 Å². The minimum atomic E-state index is -5.03. The molecule has 2 aromatic carbocycles. The van der Waals surface area contributed by atoms with Crippen LogP contribution in [0.3, 0.4) is 0 Å². The molecule has 0 aromatic heterocycles. The highest BCUT2D eigenvalue weighted by Crippen LogP contribution is 2.49. The van der Waals surface area contributed by atoms with Crippen LogP contribution in [0.1, 0.15) is 24.4 Å². The zero-order valence-electron chi connectivity index (χ0n) is 14.7. The summed E-state index contributed by atoms with van der Waals surface area (Å²) in [4.78, 5) is 13.4. The lowest BCUT2D eigenvalue weighted by Gasteiger charge is -2.42. The van der Waals surface area contributed by atoms with Gasteiger partial charge in [-0.3, -0.25) is 4.79 Å². The van der Waals surface area contributed by atoms with Crippen LogP contribution in [0.5, 0.6) is 11.5 Å². The molecule has 0 unspecified atom stereocenters. The first kappa shape index (κ1) is 19.9. The summed E-state index contributed by atoms with van der Waals surface area (Å²) >= 11 is 3.11. The fourth-order valence-electron chi connectivity index (χ4n) is 3.84. The fourth-order valence-corrected chi connectivity index (χ4v) is 4.17. The number of carbonyl (C=O) groups excluding carboxylic acids is 1. The van der Waals surface area contributed by atoms with Gasteiger partial charge in [0.05, 0.1) is 22.2 Å². The van der Waals surface area contributed by atoms with Crippen LogP contribution in [-0.2, 0) is 4.79 Å². The van der Waals surface area contributed by atoms with Gasteiger partial charge in [0.1, 0.15) is 17.4 Å². The Bertz CT molecular complexity index is 982. The van der Waals surface area contributed by atoms with Gasteiger partial charge in [0, 0.05) is 24.2 Å². The number of fused-ring (bicyclic) bond motifs is 5. The van der Waals surface area contributed by atoms with Gasteiger partial charge in [-0.1, -0.05) is 6.07 Å². The number of hydrogen-bond acceptors (Lipinski definition) is 3. The van der Waals surface area contributed by atoms with E-state index in [0.717, 1.165) is 12.1 Å². The molecule has 0 saturated carbocycles. The summed E-state index contributed by atoms with van der Waals surface area (Å²) in [6.45, 7) is 0.439. The first-order chi connectivity index (χ1) is 13.6. The molecule has 1 saturated heterocycles. The molecule has 2 aromatic rings. The minimum Gasteiger partial charge on any atom is -0.455 e. The molecule has 1 fully saturated rings. The third-order valence-electron chi connectivity index (χ3n) is 5.03. The van der Waals surface area contributed by atoms with E-state index in [9.17, 15) is 26.7 Å². The lowest BCUT2D eigenvalue weighted by Crippen LogP contribution is -2.52. The lowest BCUT2D eigenvalue weighted by atomic mass is 9.89. The van der Waals surface area contributed by atoms with E-state index >= 15 is 0 Å². The highest BCUT2D eigenvalue weighted by molar-refractivity contribution is 9.10. The number of rotatable bonds is 1. The second-order valence-electron chi connectivity index (χ2n) is 6.88. The Hall–Kier alpha value is -2.36. The highest BCUT2D eigenvalue weighted by atomic mass is 79.9. The average Bonchev–Trinajstić information content (AvgIpc) is 2.76. The van der Waals surface area contributed by atoms with Gasteiger partial charge in [-0.25, -0.2) is 8.78 Å². The van der Waals surface area contributed by atoms with E-state index in [0.29, 0.717) is 24.2 Å². The molecule has 0 bridgehead atoms. The molecular formula is C19H14BrF5N2O2. The number of amides is 1. The van der Waals surface area contributed by atoms with Crippen molar-refractivity contribution in [3.63, 3.8) is 0 Å². The Morgan fingerprint density at radius 1 is 1.17 bits per heavy atom. The molecule has 1 N–H and O–H groups in total. The van der Waals surface area contributed by atoms with E-state index in [1.165, 1.54) is 18.2 Å². The summed E-state index contributed by atoms with van der Waals surface area (Å²) in [6.07, 6.45) is -4.25. The van der Waals surface area contributed by atoms with E-state index in [-0.39, 0.29) is 22.4 Å². The molecule has 10 heteroatoms. The monoisotopic (exact) mass is 476 g/mol. The van der Waals surface area contributed by atoms with Crippen LogP contribution < -0.4 is 15.0 Å². The quantitative estimate of drug-likeness (QED) is 0.573. The van der Waals surface area contributed by atoms with Gasteiger partial charge >= 0.3 is 12.1 Å². The number of carbonyl (C=O) groups is 1. The van der Waals surface area contributed by atoms with Crippen LogP contribution in [0, 0.1) is 11.6 Å². The number of piperidine rings is 1. The Morgan fingerprint density at radius 2 is 1.93 bits per heavy atom. The van der Waals surface area contributed by atoms with Crippen LogP contribution in [0.25, 0.3) is 0 Å². The maximum Gasteiger partial charge on any atom is 0.471 e. The van der Waals surface area contributed by atoms with Gasteiger partial charge in [-0.15, -0.1) is 0 Å².